The number of benzene rings is 1. The smallest absolute Gasteiger partial charge is 0.119 e. The van der Waals surface area contributed by atoms with Crippen LogP contribution in [-0.2, 0) is 16.0 Å². The lowest BCUT2D eigenvalue weighted by Crippen LogP contribution is -2.43. The monoisotopic (exact) mass is 331 g/mol. The summed E-state index contributed by atoms with van der Waals surface area (Å²) in [4.78, 5) is 2.53. The summed E-state index contributed by atoms with van der Waals surface area (Å²) in [5.41, 5.74) is 1.40. The van der Waals surface area contributed by atoms with Crippen LogP contribution in [0.5, 0.6) is 5.75 Å². The summed E-state index contributed by atoms with van der Waals surface area (Å²) in [6, 6.07) is 8.39. The molecular weight excluding hydrogens is 302 g/mol. The molecular formula is C20H29NO3. The van der Waals surface area contributed by atoms with Gasteiger partial charge in [-0.3, -0.25) is 4.90 Å². The predicted octanol–water partition coefficient (Wildman–Crippen LogP) is 3.25. The summed E-state index contributed by atoms with van der Waals surface area (Å²) in [5, 5.41) is 0. The van der Waals surface area contributed by atoms with Gasteiger partial charge in [0.25, 0.3) is 0 Å². The van der Waals surface area contributed by atoms with Gasteiger partial charge >= 0.3 is 0 Å². The Hall–Kier alpha value is -1.10. The predicted molar refractivity (Wildman–Crippen MR) is 93.3 cm³/mol. The number of piperidine rings is 1. The zero-order chi connectivity index (χ0) is 16.4. The largest absolute Gasteiger partial charge is 0.497 e. The van der Waals surface area contributed by atoms with Crippen LogP contribution in [0.25, 0.3) is 0 Å². The molecule has 1 spiro atoms. The molecule has 0 N–H and O–H groups in total. The van der Waals surface area contributed by atoms with Gasteiger partial charge in [0.05, 0.1) is 25.4 Å². The van der Waals surface area contributed by atoms with Crippen molar-refractivity contribution in [3.63, 3.8) is 0 Å². The molecule has 3 fully saturated rings. The van der Waals surface area contributed by atoms with Crippen molar-refractivity contribution in [1.82, 2.24) is 4.90 Å². The standard InChI is InChI=1S/C20H29NO3/c1-22-18-4-2-3-17(11-18)13-21-9-7-20(8-10-21)12-19(15-24-20)23-14-16-5-6-16/h2-4,11,16,19H,5-10,12-15H2,1H3. The van der Waals surface area contributed by atoms with Crippen LogP contribution in [0.2, 0.25) is 0 Å². The molecule has 4 rings (SSSR count). The van der Waals surface area contributed by atoms with Gasteiger partial charge in [0.1, 0.15) is 5.75 Å². The van der Waals surface area contributed by atoms with Crippen LogP contribution in [0, 0.1) is 5.92 Å². The number of hydrogen-bond acceptors (Lipinski definition) is 4. The van der Waals surface area contributed by atoms with E-state index in [9.17, 15) is 0 Å². The van der Waals surface area contributed by atoms with Gasteiger partial charge in [-0.25, -0.2) is 0 Å². The van der Waals surface area contributed by atoms with E-state index in [-0.39, 0.29) is 5.60 Å². The SMILES string of the molecule is COc1cccc(CN2CCC3(CC2)CC(OCC2CC2)CO3)c1. The first-order valence-electron chi connectivity index (χ1n) is 9.36. The van der Waals surface area contributed by atoms with Crippen LogP contribution in [-0.4, -0.2) is 50.0 Å². The Balaban J connectivity index is 1.25. The van der Waals surface area contributed by atoms with Crippen molar-refractivity contribution < 1.29 is 14.2 Å². The van der Waals surface area contributed by atoms with Crippen LogP contribution in [0.15, 0.2) is 24.3 Å². The first-order chi connectivity index (χ1) is 11.7. The second-order valence-corrected chi connectivity index (χ2v) is 7.72. The molecule has 1 aliphatic carbocycles. The zero-order valence-electron chi connectivity index (χ0n) is 14.7. The van der Waals surface area contributed by atoms with Crippen molar-refractivity contribution in [2.45, 2.75) is 50.4 Å². The summed E-state index contributed by atoms with van der Waals surface area (Å²) < 4.78 is 17.6. The minimum atomic E-state index is 0.0824. The lowest BCUT2D eigenvalue weighted by molar-refractivity contribution is -0.0466. The number of ether oxygens (including phenoxy) is 3. The molecule has 1 atom stereocenters. The van der Waals surface area contributed by atoms with Crippen LogP contribution in [0.4, 0.5) is 0 Å². The third-order valence-corrected chi connectivity index (χ3v) is 5.75. The Morgan fingerprint density at radius 2 is 2.08 bits per heavy atom. The fourth-order valence-electron chi connectivity index (χ4n) is 3.96. The van der Waals surface area contributed by atoms with Crippen LogP contribution >= 0.6 is 0 Å². The van der Waals surface area contributed by atoms with Gasteiger partial charge in [-0.05, 0) is 49.3 Å². The number of methoxy groups -OCH3 is 1. The van der Waals surface area contributed by atoms with E-state index >= 15 is 0 Å². The van der Waals surface area contributed by atoms with Crippen molar-refractivity contribution in [3.05, 3.63) is 29.8 Å². The van der Waals surface area contributed by atoms with Crippen molar-refractivity contribution in [1.29, 1.82) is 0 Å². The maximum atomic E-state index is 6.21. The summed E-state index contributed by atoms with van der Waals surface area (Å²) >= 11 is 0. The Labute approximate surface area is 145 Å². The maximum absolute atomic E-state index is 6.21. The molecule has 1 aromatic rings. The second-order valence-electron chi connectivity index (χ2n) is 7.72. The molecule has 1 unspecified atom stereocenters. The molecule has 132 valence electrons. The Bertz CT molecular complexity index is 550. The number of hydrogen-bond donors (Lipinski definition) is 0. The van der Waals surface area contributed by atoms with Gasteiger partial charge < -0.3 is 14.2 Å². The van der Waals surface area contributed by atoms with E-state index in [1.165, 1.54) is 18.4 Å². The molecule has 4 heteroatoms. The van der Waals surface area contributed by atoms with E-state index in [0.717, 1.165) is 63.8 Å². The highest BCUT2D eigenvalue weighted by Crippen LogP contribution is 2.38. The highest BCUT2D eigenvalue weighted by Gasteiger charge is 2.43. The van der Waals surface area contributed by atoms with E-state index in [2.05, 4.69) is 23.1 Å². The third kappa shape index (κ3) is 3.93. The normalized spacial score (nSPS) is 26.8. The van der Waals surface area contributed by atoms with Crippen molar-refractivity contribution in [2.24, 2.45) is 5.92 Å². The average molecular weight is 331 g/mol. The summed E-state index contributed by atoms with van der Waals surface area (Å²) in [6.45, 7) is 4.95. The minimum Gasteiger partial charge on any atom is -0.497 e. The molecule has 1 aromatic carbocycles. The molecule has 2 saturated heterocycles. The first-order valence-corrected chi connectivity index (χ1v) is 9.36. The molecule has 4 nitrogen and oxygen atoms in total. The number of likely N-dealkylation sites (tertiary alicyclic amines) is 1. The number of nitrogens with zero attached hydrogens (tertiary/aromatic N) is 1. The Morgan fingerprint density at radius 3 is 2.83 bits per heavy atom. The molecule has 0 radical (unpaired) electrons. The molecule has 2 aliphatic heterocycles. The summed E-state index contributed by atoms with van der Waals surface area (Å²) in [6.07, 6.45) is 6.39. The molecule has 0 bridgehead atoms. The summed E-state index contributed by atoms with van der Waals surface area (Å²) in [7, 11) is 1.73. The van der Waals surface area contributed by atoms with Gasteiger partial charge in [0, 0.05) is 32.7 Å². The van der Waals surface area contributed by atoms with Gasteiger partial charge in [0.15, 0.2) is 0 Å². The quantitative estimate of drug-likeness (QED) is 0.801. The Morgan fingerprint density at radius 1 is 1.25 bits per heavy atom. The van der Waals surface area contributed by atoms with E-state index in [0.29, 0.717) is 6.10 Å². The highest BCUT2D eigenvalue weighted by molar-refractivity contribution is 5.28. The van der Waals surface area contributed by atoms with E-state index in [1.54, 1.807) is 7.11 Å². The Kier molecular flexibility index (Phi) is 4.79. The maximum Gasteiger partial charge on any atom is 0.119 e. The van der Waals surface area contributed by atoms with Crippen LogP contribution < -0.4 is 4.74 Å². The van der Waals surface area contributed by atoms with Gasteiger partial charge in [0.2, 0.25) is 0 Å². The topological polar surface area (TPSA) is 30.9 Å². The average Bonchev–Trinajstić information content (AvgIpc) is 3.37. The van der Waals surface area contributed by atoms with Crippen molar-refractivity contribution in [2.75, 3.05) is 33.4 Å². The lowest BCUT2D eigenvalue weighted by atomic mass is 9.88. The second kappa shape index (κ2) is 7.03. The van der Waals surface area contributed by atoms with Gasteiger partial charge in [-0.2, -0.15) is 0 Å². The van der Waals surface area contributed by atoms with Gasteiger partial charge in [-0.15, -0.1) is 0 Å². The minimum absolute atomic E-state index is 0.0824. The summed E-state index contributed by atoms with van der Waals surface area (Å²) in [5.74, 6) is 1.78. The van der Waals surface area contributed by atoms with E-state index in [1.807, 2.05) is 6.07 Å². The zero-order valence-corrected chi connectivity index (χ0v) is 14.7. The first kappa shape index (κ1) is 16.4. The lowest BCUT2D eigenvalue weighted by Gasteiger charge is -2.38. The molecule has 3 aliphatic rings. The molecule has 1 saturated carbocycles. The van der Waals surface area contributed by atoms with Crippen LogP contribution in [0.3, 0.4) is 0 Å². The van der Waals surface area contributed by atoms with Crippen molar-refractivity contribution >= 4 is 0 Å². The van der Waals surface area contributed by atoms with Gasteiger partial charge in [-0.1, -0.05) is 12.1 Å². The molecule has 24 heavy (non-hydrogen) atoms. The highest BCUT2D eigenvalue weighted by atomic mass is 16.6. The molecule has 2 heterocycles. The fraction of sp³-hybridized carbons (Fsp3) is 0.700. The van der Waals surface area contributed by atoms with Crippen molar-refractivity contribution in [3.8, 4) is 5.75 Å². The fourth-order valence-corrected chi connectivity index (χ4v) is 3.96. The molecule has 0 amide bonds. The number of rotatable bonds is 6. The molecule has 0 aromatic heterocycles. The van der Waals surface area contributed by atoms with E-state index < -0.39 is 0 Å². The van der Waals surface area contributed by atoms with Crippen LogP contribution in [0.1, 0.15) is 37.7 Å². The van der Waals surface area contributed by atoms with E-state index in [4.69, 9.17) is 14.2 Å². The third-order valence-electron chi connectivity index (χ3n) is 5.75.